The van der Waals surface area contributed by atoms with E-state index in [1.54, 1.807) is 0 Å². The zero-order valence-electron chi connectivity index (χ0n) is 8.49. The molecule has 0 spiro atoms. The van der Waals surface area contributed by atoms with Gasteiger partial charge >= 0.3 is 0 Å². The fourth-order valence-corrected chi connectivity index (χ4v) is 3.16. The van der Waals surface area contributed by atoms with E-state index in [1.165, 1.54) is 19.3 Å². The molecule has 76 valence electrons. The number of fused-ring (bicyclic) bond motifs is 1. The zero-order chi connectivity index (χ0) is 9.71. The van der Waals surface area contributed by atoms with Crippen LogP contribution in [0.1, 0.15) is 43.4 Å². The van der Waals surface area contributed by atoms with Crippen molar-refractivity contribution in [3.05, 3.63) is 11.3 Å². The summed E-state index contributed by atoms with van der Waals surface area (Å²) in [6.07, 6.45) is 5.09. The van der Waals surface area contributed by atoms with Crippen LogP contribution in [0.3, 0.4) is 0 Å². The molecule has 3 heteroatoms. The summed E-state index contributed by atoms with van der Waals surface area (Å²) in [5.41, 5.74) is 6.92. The molecule has 0 aliphatic heterocycles. The van der Waals surface area contributed by atoms with Gasteiger partial charge in [0.25, 0.3) is 0 Å². The van der Waals surface area contributed by atoms with Gasteiger partial charge in [-0.3, -0.25) is 0 Å². The summed E-state index contributed by atoms with van der Waals surface area (Å²) >= 11 is 0. The Balaban J connectivity index is 1.90. The highest BCUT2D eigenvalue weighted by molar-refractivity contribution is 5.44. The van der Waals surface area contributed by atoms with Crippen molar-refractivity contribution in [1.82, 2.24) is 5.16 Å². The third-order valence-electron chi connectivity index (χ3n) is 3.91. The third-order valence-corrected chi connectivity index (χ3v) is 3.91. The van der Waals surface area contributed by atoms with Crippen molar-refractivity contribution >= 4 is 5.82 Å². The molecule has 0 saturated heterocycles. The Morgan fingerprint density at radius 1 is 1.43 bits per heavy atom. The molecule has 0 bridgehead atoms. The first-order valence-corrected chi connectivity index (χ1v) is 5.56. The minimum atomic E-state index is 0.604. The molecule has 2 fully saturated rings. The minimum absolute atomic E-state index is 0.604. The number of nitrogens with zero attached hydrogens (tertiary/aromatic N) is 1. The van der Waals surface area contributed by atoms with Gasteiger partial charge in [-0.2, -0.15) is 0 Å². The fraction of sp³-hybridized carbons (Fsp3) is 0.727. The molecule has 2 saturated carbocycles. The van der Waals surface area contributed by atoms with Crippen LogP contribution in [-0.4, -0.2) is 5.16 Å². The predicted octanol–water partition coefficient (Wildman–Crippen LogP) is 2.33. The van der Waals surface area contributed by atoms with Gasteiger partial charge in [-0.25, -0.2) is 0 Å². The molecule has 14 heavy (non-hydrogen) atoms. The van der Waals surface area contributed by atoms with Crippen molar-refractivity contribution in [1.29, 1.82) is 0 Å². The summed E-state index contributed by atoms with van der Waals surface area (Å²) in [7, 11) is 0. The first-order chi connectivity index (χ1) is 6.83. The Labute approximate surface area is 83.6 Å². The molecule has 0 amide bonds. The van der Waals surface area contributed by atoms with Gasteiger partial charge in [-0.15, -0.1) is 0 Å². The molecule has 2 unspecified atom stereocenters. The summed E-state index contributed by atoms with van der Waals surface area (Å²) in [6.45, 7) is 2.12. The van der Waals surface area contributed by atoms with E-state index in [9.17, 15) is 0 Å². The molecule has 0 radical (unpaired) electrons. The van der Waals surface area contributed by atoms with Crippen LogP contribution in [0.25, 0.3) is 0 Å². The molecule has 2 aliphatic carbocycles. The van der Waals surface area contributed by atoms with Crippen LogP contribution >= 0.6 is 0 Å². The van der Waals surface area contributed by atoms with Crippen LogP contribution in [0.5, 0.6) is 0 Å². The summed E-state index contributed by atoms with van der Waals surface area (Å²) in [5.74, 6) is 4.12. The lowest BCUT2D eigenvalue weighted by Gasteiger charge is -2.00. The van der Waals surface area contributed by atoms with E-state index in [2.05, 4.69) is 12.1 Å². The average molecular weight is 192 g/mol. The van der Waals surface area contributed by atoms with Crippen LogP contribution in [0.2, 0.25) is 0 Å². The number of hydrogen-bond donors (Lipinski definition) is 1. The second-order valence-corrected chi connectivity index (χ2v) is 4.55. The summed E-state index contributed by atoms with van der Waals surface area (Å²) in [4.78, 5) is 0. The minimum Gasteiger partial charge on any atom is -0.381 e. The topological polar surface area (TPSA) is 52.0 Å². The Hall–Kier alpha value is -0.990. The van der Waals surface area contributed by atoms with Crippen molar-refractivity contribution in [2.45, 2.75) is 38.5 Å². The van der Waals surface area contributed by atoms with E-state index in [0.29, 0.717) is 11.7 Å². The van der Waals surface area contributed by atoms with Crippen LogP contribution < -0.4 is 5.73 Å². The van der Waals surface area contributed by atoms with E-state index in [0.717, 1.165) is 29.6 Å². The molecule has 2 aliphatic rings. The maximum atomic E-state index is 5.76. The van der Waals surface area contributed by atoms with E-state index in [1.807, 2.05) is 0 Å². The fourth-order valence-electron chi connectivity index (χ4n) is 3.16. The van der Waals surface area contributed by atoms with E-state index >= 15 is 0 Å². The van der Waals surface area contributed by atoms with Gasteiger partial charge in [0.2, 0.25) is 0 Å². The summed E-state index contributed by atoms with van der Waals surface area (Å²) in [5, 5.41) is 3.88. The Bertz CT molecular complexity index is 348. The SMILES string of the molecule is CCc1c(N)noc1C1C2CCCC21. The molecule has 3 nitrogen and oxygen atoms in total. The van der Waals surface area contributed by atoms with Crippen molar-refractivity contribution in [3.63, 3.8) is 0 Å². The number of rotatable bonds is 2. The molecule has 1 heterocycles. The van der Waals surface area contributed by atoms with Gasteiger partial charge in [0.05, 0.1) is 0 Å². The van der Waals surface area contributed by atoms with Crippen molar-refractivity contribution in [2.75, 3.05) is 5.73 Å². The summed E-state index contributed by atoms with van der Waals surface area (Å²) in [6, 6.07) is 0. The van der Waals surface area contributed by atoms with E-state index in [4.69, 9.17) is 10.3 Å². The van der Waals surface area contributed by atoms with Gasteiger partial charge in [0, 0.05) is 11.5 Å². The largest absolute Gasteiger partial charge is 0.381 e. The number of nitrogens with two attached hydrogens (primary N) is 1. The molecule has 3 rings (SSSR count). The second-order valence-electron chi connectivity index (χ2n) is 4.55. The first kappa shape index (κ1) is 8.33. The Morgan fingerprint density at radius 2 is 2.14 bits per heavy atom. The lowest BCUT2D eigenvalue weighted by Crippen LogP contribution is -1.94. The van der Waals surface area contributed by atoms with E-state index in [-0.39, 0.29) is 0 Å². The van der Waals surface area contributed by atoms with Crippen molar-refractivity contribution in [3.8, 4) is 0 Å². The molecule has 2 N–H and O–H groups in total. The number of nitrogen functional groups attached to an aromatic ring is 1. The summed E-state index contributed by atoms with van der Waals surface area (Å²) < 4.78 is 5.37. The van der Waals surface area contributed by atoms with Gasteiger partial charge in [-0.05, 0) is 31.1 Å². The van der Waals surface area contributed by atoms with Gasteiger partial charge in [0.1, 0.15) is 5.76 Å². The monoisotopic (exact) mass is 192 g/mol. The molecule has 1 aromatic heterocycles. The maximum Gasteiger partial charge on any atom is 0.170 e. The highest BCUT2D eigenvalue weighted by atomic mass is 16.5. The zero-order valence-corrected chi connectivity index (χ0v) is 8.49. The molecule has 0 aromatic carbocycles. The van der Waals surface area contributed by atoms with Gasteiger partial charge in [-0.1, -0.05) is 18.5 Å². The molecule has 1 aromatic rings. The molecular formula is C11H16N2O. The second kappa shape index (κ2) is 2.75. The van der Waals surface area contributed by atoms with Crippen molar-refractivity contribution in [2.24, 2.45) is 11.8 Å². The highest BCUT2D eigenvalue weighted by Gasteiger charge is 2.55. The Kier molecular flexibility index (Phi) is 1.64. The lowest BCUT2D eigenvalue weighted by molar-refractivity contribution is 0.374. The van der Waals surface area contributed by atoms with Crippen LogP contribution in [0.15, 0.2) is 4.52 Å². The molecular weight excluding hydrogens is 176 g/mol. The third kappa shape index (κ3) is 0.954. The quantitative estimate of drug-likeness (QED) is 0.782. The lowest BCUT2D eigenvalue weighted by atomic mass is 10.0. The Morgan fingerprint density at radius 3 is 2.79 bits per heavy atom. The van der Waals surface area contributed by atoms with Gasteiger partial charge < -0.3 is 10.3 Å². The standard InChI is InChI=1S/C11H16N2O/c1-2-6-10(14-13-11(6)12)9-7-4-3-5-8(7)9/h7-9H,2-5H2,1H3,(H2,12,13). The van der Waals surface area contributed by atoms with Crippen LogP contribution in [0, 0.1) is 11.8 Å². The number of aromatic nitrogens is 1. The number of anilines is 1. The smallest absolute Gasteiger partial charge is 0.170 e. The number of hydrogen-bond acceptors (Lipinski definition) is 3. The van der Waals surface area contributed by atoms with Crippen molar-refractivity contribution < 1.29 is 4.52 Å². The normalized spacial score (nSPS) is 34.5. The van der Waals surface area contributed by atoms with Crippen LogP contribution in [0.4, 0.5) is 5.82 Å². The first-order valence-electron chi connectivity index (χ1n) is 5.56. The molecule has 2 atom stereocenters. The predicted molar refractivity (Wildman–Crippen MR) is 53.9 cm³/mol. The maximum absolute atomic E-state index is 5.76. The highest BCUT2D eigenvalue weighted by Crippen LogP contribution is 2.63. The average Bonchev–Trinajstić information content (AvgIpc) is 2.61. The van der Waals surface area contributed by atoms with E-state index < -0.39 is 0 Å². The van der Waals surface area contributed by atoms with Crippen LogP contribution in [-0.2, 0) is 6.42 Å². The van der Waals surface area contributed by atoms with Gasteiger partial charge in [0.15, 0.2) is 5.82 Å².